The molecule has 3 rings (SSSR count). The van der Waals surface area contributed by atoms with Gasteiger partial charge in [0.1, 0.15) is 5.75 Å². The molecule has 134 valence electrons. The molecule has 0 aliphatic rings. The molecule has 0 aliphatic carbocycles. The molecule has 0 aliphatic heterocycles. The van der Waals surface area contributed by atoms with Gasteiger partial charge in [-0.15, -0.1) is 0 Å². The normalized spacial score (nSPS) is 11.4. The minimum atomic E-state index is -4.51. The molecule has 5 nitrogen and oxygen atoms in total. The average Bonchev–Trinajstić information content (AvgIpc) is 3.07. The van der Waals surface area contributed by atoms with Crippen LogP contribution in [0, 0.1) is 0 Å². The second-order valence-electron chi connectivity index (χ2n) is 5.37. The van der Waals surface area contributed by atoms with E-state index in [1.165, 1.54) is 19.2 Å². The van der Waals surface area contributed by atoms with Gasteiger partial charge in [-0.2, -0.15) is 13.2 Å². The Hall–Kier alpha value is -3.29. The zero-order valence-corrected chi connectivity index (χ0v) is 13.5. The van der Waals surface area contributed by atoms with Gasteiger partial charge in [0, 0.05) is 11.1 Å². The van der Waals surface area contributed by atoms with Crippen LogP contribution >= 0.6 is 0 Å². The number of carbonyl (C=O) groups excluding carboxylic acids is 1. The van der Waals surface area contributed by atoms with Crippen LogP contribution in [0.4, 0.5) is 13.2 Å². The third-order valence-corrected chi connectivity index (χ3v) is 3.65. The number of amides is 1. The van der Waals surface area contributed by atoms with Gasteiger partial charge in [-0.25, -0.2) is 4.98 Å². The Balaban J connectivity index is 2.09. The van der Waals surface area contributed by atoms with E-state index in [0.717, 1.165) is 12.1 Å². The summed E-state index contributed by atoms with van der Waals surface area (Å²) in [6.45, 7) is 0. The van der Waals surface area contributed by atoms with E-state index in [1.807, 2.05) is 0 Å². The van der Waals surface area contributed by atoms with Gasteiger partial charge in [-0.1, -0.05) is 6.07 Å². The molecule has 2 aromatic carbocycles. The highest BCUT2D eigenvalue weighted by atomic mass is 19.4. The lowest BCUT2D eigenvalue weighted by molar-refractivity contribution is -0.137. The first-order valence-corrected chi connectivity index (χ1v) is 7.42. The molecule has 8 heteroatoms. The predicted octanol–water partition coefficient (Wildman–Crippen LogP) is 4.13. The molecule has 1 amide bonds. The first-order chi connectivity index (χ1) is 12.3. The fraction of sp³-hybridized carbons (Fsp3) is 0.111. The van der Waals surface area contributed by atoms with E-state index in [4.69, 9.17) is 14.9 Å². The van der Waals surface area contributed by atoms with Crippen LogP contribution in [-0.4, -0.2) is 18.0 Å². The van der Waals surface area contributed by atoms with Crippen molar-refractivity contribution in [2.24, 2.45) is 5.73 Å². The predicted molar refractivity (Wildman–Crippen MR) is 87.4 cm³/mol. The Bertz CT molecular complexity index is 947. The maximum Gasteiger partial charge on any atom is 0.416 e. The number of nitrogens with two attached hydrogens (primary N) is 1. The van der Waals surface area contributed by atoms with E-state index < -0.39 is 17.6 Å². The first-order valence-electron chi connectivity index (χ1n) is 7.42. The topological polar surface area (TPSA) is 78.3 Å². The van der Waals surface area contributed by atoms with Gasteiger partial charge < -0.3 is 14.9 Å². The summed E-state index contributed by atoms with van der Waals surface area (Å²) < 4.78 is 49.3. The van der Waals surface area contributed by atoms with Crippen LogP contribution in [0.15, 0.2) is 52.9 Å². The van der Waals surface area contributed by atoms with E-state index in [0.29, 0.717) is 11.3 Å². The lowest BCUT2D eigenvalue weighted by Crippen LogP contribution is -2.12. The van der Waals surface area contributed by atoms with E-state index >= 15 is 0 Å². The van der Waals surface area contributed by atoms with Crippen molar-refractivity contribution in [3.8, 4) is 28.5 Å². The van der Waals surface area contributed by atoms with E-state index in [1.54, 1.807) is 24.3 Å². The third kappa shape index (κ3) is 3.39. The highest BCUT2D eigenvalue weighted by molar-refractivity contribution is 5.97. The summed E-state index contributed by atoms with van der Waals surface area (Å²) in [5.41, 5.74) is 4.90. The Kier molecular flexibility index (Phi) is 4.41. The fourth-order valence-corrected chi connectivity index (χ4v) is 2.38. The quantitative estimate of drug-likeness (QED) is 0.757. The number of ether oxygens (including phenoxy) is 1. The second kappa shape index (κ2) is 6.55. The SMILES string of the molecule is COc1ccc(-c2oc(-c3cccc(C(F)(F)F)c3)nc2C(N)=O)cc1. The summed E-state index contributed by atoms with van der Waals surface area (Å²) in [5.74, 6) is -0.312. The summed E-state index contributed by atoms with van der Waals surface area (Å²) in [4.78, 5) is 15.7. The van der Waals surface area contributed by atoms with E-state index in [9.17, 15) is 18.0 Å². The van der Waals surface area contributed by atoms with Gasteiger partial charge in [0.25, 0.3) is 5.91 Å². The molecule has 0 fully saturated rings. The smallest absolute Gasteiger partial charge is 0.416 e. The van der Waals surface area contributed by atoms with Crippen molar-refractivity contribution in [1.82, 2.24) is 4.98 Å². The Morgan fingerprint density at radius 1 is 1.12 bits per heavy atom. The van der Waals surface area contributed by atoms with Crippen molar-refractivity contribution in [2.45, 2.75) is 6.18 Å². The van der Waals surface area contributed by atoms with Crippen molar-refractivity contribution in [3.63, 3.8) is 0 Å². The van der Waals surface area contributed by atoms with Crippen molar-refractivity contribution < 1.29 is 27.1 Å². The molecule has 0 atom stereocenters. The highest BCUT2D eigenvalue weighted by Gasteiger charge is 2.31. The molecule has 1 heterocycles. The number of nitrogens with zero attached hydrogens (tertiary/aromatic N) is 1. The molecular formula is C18H13F3N2O3. The zero-order chi connectivity index (χ0) is 18.9. The molecular weight excluding hydrogens is 349 g/mol. The summed E-state index contributed by atoms with van der Waals surface area (Å²) in [7, 11) is 1.50. The molecule has 26 heavy (non-hydrogen) atoms. The molecule has 3 aromatic rings. The number of alkyl halides is 3. The maximum atomic E-state index is 12.9. The fourth-order valence-electron chi connectivity index (χ4n) is 2.38. The maximum absolute atomic E-state index is 12.9. The largest absolute Gasteiger partial charge is 0.497 e. The lowest BCUT2D eigenvalue weighted by Gasteiger charge is -2.06. The number of halogens is 3. The number of rotatable bonds is 4. The van der Waals surface area contributed by atoms with Crippen LogP contribution in [0.25, 0.3) is 22.8 Å². The second-order valence-corrected chi connectivity index (χ2v) is 5.37. The van der Waals surface area contributed by atoms with Crippen molar-refractivity contribution >= 4 is 5.91 Å². The van der Waals surface area contributed by atoms with Gasteiger partial charge in [0.2, 0.25) is 5.89 Å². The number of primary amides is 1. The van der Waals surface area contributed by atoms with Crippen LogP contribution in [0.5, 0.6) is 5.75 Å². The number of aromatic nitrogens is 1. The standard InChI is InChI=1S/C18H13F3N2O3/c1-25-13-7-5-10(6-8-13)15-14(16(22)24)23-17(26-15)11-3-2-4-12(9-11)18(19,20)21/h2-9H,1H3,(H2,22,24). The van der Waals surface area contributed by atoms with Crippen LogP contribution in [0.2, 0.25) is 0 Å². The Labute approximate surface area is 146 Å². The monoisotopic (exact) mass is 362 g/mol. The molecule has 0 radical (unpaired) electrons. The highest BCUT2D eigenvalue weighted by Crippen LogP contribution is 2.34. The summed E-state index contributed by atoms with van der Waals surface area (Å²) in [5, 5.41) is 0. The molecule has 0 saturated carbocycles. The zero-order valence-electron chi connectivity index (χ0n) is 13.5. The van der Waals surface area contributed by atoms with Crippen LogP contribution in [-0.2, 0) is 6.18 Å². The van der Waals surface area contributed by atoms with Crippen LogP contribution in [0.3, 0.4) is 0 Å². The number of carbonyl (C=O) groups is 1. The van der Waals surface area contributed by atoms with E-state index in [-0.39, 0.29) is 22.9 Å². The number of hydrogen-bond acceptors (Lipinski definition) is 4. The number of oxazole rings is 1. The molecule has 1 aromatic heterocycles. The number of benzene rings is 2. The Morgan fingerprint density at radius 3 is 2.38 bits per heavy atom. The summed E-state index contributed by atoms with van der Waals surface area (Å²) in [6.07, 6.45) is -4.51. The van der Waals surface area contributed by atoms with Gasteiger partial charge in [-0.3, -0.25) is 4.79 Å². The molecule has 0 unspecified atom stereocenters. The minimum Gasteiger partial charge on any atom is -0.497 e. The number of methoxy groups -OCH3 is 1. The van der Waals surface area contributed by atoms with Gasteiger partial charge in [0.15, 0.2) is 11.5 Å². The molecule has 0 saturated heterocycles. The lowest BCUT2D eigenvalue weighted by atomic mass is 10.1. The summed E-state index contributed by atoms with van der Waals surface area (Å²) in [6, 6.07) is 11.0. The van der Waals surface area contributed by atoms with E-state index in [2.05, 4.69) is 4.98 Å². The van der Waals surface area contributed by atoms with Crippen molar-refractivity contribution in [3.05, 3.63) is 59.8 Å². The van der Waals surface area contributed by atoms with Gasteiger partial charge in [-0.05, 0) is 42.5 Å². The average molecular weight is 362 g/mol. The first kappa shape index (κ1) is 17.5. The molecule has 0 bridgehead atoms. The summed E-state index contributed by atoms with van der Waals surface area (Å²) >= 11 is 0. The van der Waals surface area contributed by atoms with Crippen molar-refractivity contribution in [1.29, 1.82) is 0 Å². The van der Waals surface area contributed by atoms with Crippen LogP contribution < -0.4 is 10.5 Å². The third-order valence-electron chi connectivity index (χ3n) is 3.65. The molecule has 0 spiro atoms. The molecule has 2 N–H and O–H groups in total. The van der Waals surface area contributed by atoms with Gasteiger partial charge in [0.05, 0.1) is 12.7 Å². The number of hydrogen-bond donors (Lipinski definition) is 1. The van der Waals surface area contributed by atoms with Gasteiger partial charge >= 0.3 is 6.18 Å². The van der Waals surface area contributed by atoms with Crippen molar-refractivity contribution in [2.75, 3.05) is 7.11 Å². The van der Waals surface area contributed by atoms with Crippen LogP contribution in [0.1, 0.15) is 16.1 Å². The minimum absolute atomic E-state index is 0.0764. The Morgan fingerprint density at radius 2 is 1.81 bits per heavy atom.